The van der Waals surface area contributed by atoms with Crippen molar-refractivity contribution >= 4 is 38.8 Å². The van der Waals surface area contributed by atoms with Crippen LogP contribution < -0.4 is 10.1 Å². The molecule has 0 aliphatic carbocycles. The van der Waals surface area contributed by atoms with Crippen LogP contribution in [0.25, 0.3) is 28.0 Å². The van der Waals surface area contributed by atoms with Gasteiger partial charge in [-0.2, -0.15) is 0 Å². The second-order valence-corrected chi connectivity index (χ2v) is 8.26. The number of hydrogen-bond acceptors (Lipinski definition) is 5. The number of fused-ring (bicyclic) bond motifs is 1. The maximum atomic E-state index is 5.38. The van der Waals surface area contributed by atoms with Crippen LogP contribution in [0.5, 0.6) is 5.75 Å². The van der Waals surface area contributed by atoms with Crippen molar-refractivity contribution in [3.05, 3.63) is 83.9 Å². The molecule has 0 aliphatic heterocycles. The van der Waals surface area contributed by atoms with E-state index in [2.05, 4.69) is 35.5 Å². The molecule has 0 saturated carbocycles. The number of nitrogens with zero attached hydrogens (tertiary/aromatic N) is 3. The van der Waals surface area contributed by atoms with Gasteiger partial charge in [-0.3, -0.25) is 0 Å². The molecule has 5 nitrogen and oxygen atoms in total. The number of nitrogens with one attached hydrogen (secondary N) is 1. The van der Waals surface area contributed by atoms with Crippen LogP contribution in [0.2, 0.25) is 0 Å². The zero-order valence-electron chi connectivity index (χ0n) is 18.7. The summed E-state index contributed by atoms with van der Waals surface area (Å²) in [6.45, 7) is 7.89. The Kier molecular flexibility index (Phi) is 6.23. The highest BCUT2D eigenvalue weighted by Crippen LogP contribution is 2.32. The Morgan fingerprint density at radius 3 is 2.81 bits per heavy atom. The van der Waals surface area contributed by atoms with Crippen LogP contribution in [0.15, 0.2) is 72.7 Å². The number of allylic oxidation sites excluding steroid dienone is 5. The van der Waals surface area contributed by atoms with Crippen molar-refractivity contribution in [1.82, 2.24) is 14.5 Å². The summed E-state index contributed by atoms with van der Waals surface area (Å²) < 4.78 is 7.49. The monoisotopic (exact) mass is 442 g/mol. The van der Waals surface area contributed by atoms with Gasteiger partial charge in [-0.15, -0.1) is 11.3 Å². The number of hydrogen-bond donors (Lipinski definition) is 1. The van der Waals surface area contributed by atoms with E-state index >= 15 is 0 Å². The fraction of sp³-hybridized carbons (Fsp3) is 0.154. The molecule has 4 aromatic rings. The van der Waals surface area contributed by atoms with Crippen molar-refractivity contribution in [2.24, 2.45) is 7.05 Å². The second kappa shape index (κ2) is 9.24. The molecule has 0 saturated heterocycles. The number of aromatic nitrogens is 3. The third kappa shape index (κ3) is 4.22. The van der Waals surface area contributed by atoms with E-state index in [4.69, 9.17) is 14.7 Å². The van der Waals surface area contributed by atoms with Gasteiger partial charge in [0, 0.05) is 29.3 Å². The van der Waals surface area contributed by atoms with E-state index in [-0.39, 0.29) is 0 Å². The van der Waals surface area contributed by atoms with Gasteiger partial charge in [0.05, 0.1) is 23.8 Å². The van der Waals surface area contributed by atoms with Crippen molar-refractivity contribution < 1.29 is 4.74 Å². The lowest BCUT2D eigenvalue weighted by molar-refractivity contribution is 0.415. The van der Waals surface area contributed by atoms with Crippen LogP contribution in [-0.4, -0.2) is 21.6 Å². The van der Waals surface area contributed by atoms with E-state index in [9.17, 15) is 0 Å². The lowest BCUT2D eigenvalue weighted by Crippen LogP contribution is -1.95. The molecule has 2 aromatic heterocycles. The zero-order chi connectivity index (χ0) is 22.7. The molecule has 4 rings (SSSR count). The normalized spacial score (nSPS) is 11.9. The molecule has 1 N–H and O–H groups in total. The summed E-state index contributed by atoms with van der Waals surface area (Å²) >= 11 is 1.58. The fourth-order valence-corrected chi connectivity index (χ4v) is 4.34. The van der Waals surface area contributed by atoms with Crippen molar-refractivity contribution in [1.29, 1.82) is 0 Å². The molecular formula is C26H26N4OS. The highest BCUT2D eigenvalue weighted by Gasteiger charge is 2.14. The first-order valence-corrected chi connectivity index (χ1v) is 11.2. The minimum Gasteiger partial charge on any atom is -0.497 e. The van der Waals surface area contributed by atoms with Gasteiger partial charge in [0.1, 0.15) is 11.6 Å². The molecule has 0 amide bonds. The third-order valence-corrected chi connectivity index (χ3v) is 6.00. The predicted octanol–water partition coefficient (Wildman–Crippen LogP) is 6.90. The van der Waals surface area contributed by atoms with Gasteiger partial charge >= 0.3 is 0 Å². The Bertz CT molecular complexity index is 1340. The van der Waals surface area contributed by atoms with Crippen LogP contribution in [0, 0.1) is 6.92 Å². The van der Waals surface area contributed by atoms with Gasteiger partial charge in [0.2, 0.25) is 0 Å². The lowest BCUT2D eigenvalue weighted by Gasteiger charge is -2.08. The number of benzene rings is 2. The maximum Gasteiger partial charge on any atom is 0.187 e. The average molecular weight is 443 g/mol. The van der Waals surface area contributed by atoms with Crippen LogP contribution in [0.3, 0.4) is 0 Å². The van der Waals surface area contributed by atoms with Gasteiger partial charge < -0.3 is 14.6 Å². The smallest absolute Gasteiger partial charge is 0.187 e. The Hall–Kier alpha value is -3.64. The summed E-state index contributed by atoms with van der Waals surface area (Å²) in [5.74, 6) is 1.72. The zero-order valence-corrected chi connectivity index (χ0v) is 19.5. The molecule has 0 fully saturated rings. The quantitative estimate of drug-likeness (QED) is 0.316. The lowest BCUT2D eigenvalue weighted by atomic mass is 10.1. The summed E-state index contributed by atoms with van der Waals surface area (Å²) in [6.07, 6.45) is 7.78. The van der Waals surface area contributed by atoms with Gasteiger partial charge in [-0.05, 0) is 43.7 Å². The molecule has 0 aliphatic rings. The van der Waals surface area contributed by atoms with E-state index in [0.717, 1.165) is 55.8 Å². The molecule has 0 unspecified atom stereocenters. The standard InChI is InChI=1S/C26H26N4OS/c1-6-9-18(10-7-2)23-16-32-26(29-23)28-21-15-22-24(13-17(21)3)30(4)25(27-22)19-11-8-12-20(14-19)31-5/h6-16H,1H2,2-5H3,(H,28,29). The molecule has 32 heavy (non-hydrogen) atoms. The number of ether oxygens (including phenoxy) is 1. The number of imidazole rings is 1. The van der Waals surface area contributed by atoms with Crippen molar-refractivity contribution in [2.45, 2.75) is 13.8 Å². The van der Waals surface area contributed by atoms with E-state index in [1.165, 1.54) is 0 Å². The number of anilines is 2. The maximum absolute atomic E-state index is 5.38. The van der Waals surface area contributed by atoms with Crippen molar-refractivity contribution in [2.75, 3.05) is 12.4 Å². The van der Waals surface area contributed by atoms with Gasteiger partial charge in [0.25, 0.3) is 0 Å². The first-order valence-electron chi connectivity index (χ1n) is 10.3. The molecule has 0 radical (unpaired) electrons. The summed E-state index contributed by atoms with van der Waals surface area (Å²) in [7, 11) is 3.71. The van der Waals surface area contributed by atoms with Crippen LogP contribution in [-0.2, 0) is 7.05 Å². The summed E-state index contributed by atoms with van der Waals surface area (Å²) in [5, 5.41) is 6.36. The van der Waals surface area contributed by atoms with Crippen LogP contribution in [0.1, 0.15) is 18.2 Å². The van der Waals surface area contributed by atoms with E-state index in [1.54, 1.807) is 24.5 Å². The molecule has 162 valence electrons. The highest BCUT2D eigenvalue weighted by atomic mass is 32.1. The fourth-order valence-electron chi connectivity index (χ4n) is 3.61. The topological polar surface area (TPSA) is 52.0 Å². The predicted molar refractivity (Wildman–Crippen MR) is 136 cm³/mol. The van der Waals surface area contributed by atoms with E-state index < -0.39 is 0 Å². The Morgan fingerprint density at radius 1 is 1.22 bits per heavy atom. The van der Waals surface area contributed by atoms with Gasteiger partial charge in [-0.25, -0.2) is 9.97 Å². The number of thiazole rings is 1. The first-order chi connectivity index (χ1) is 15.5. The molecule has 0 spiro atoms. The molecule has 0 atom stereocenters. The molecule has 2 heterocycles. The van der Waals surface area contributed by atoms with Gasteiger partial charge in [0.15, 0.2) is 5.13 Å². The number of aryl methyl sites for hydroxylation is 2. The van der Waals surface area contributed by atoms with Crippen LogP contribution >= 0.6 is 11.3 Å². The minimum absolute atomic E-state index is 0.815. The average Bonchev–Trinajstić information content (AvgIpc) is 3.39. The van der Waals surface area contributed by atoms with Crippen LogP contribution in [0.4, 0.5) is 10.8 Å². The SMILES string of the molecule is C=CC=C(C=CC)c1csc(Nc2cc3nc(-c4cccc(OC)c4)n(C)c3cc2C)n1. The summed E-state index contributed by atoms with van der Waals surface area (Å²) in [4.78, 5) is 9.66. The first kappa shape index (κ1) is 21.6. The second-order valence-electron chi connectivity index (χ2n) is 7.40. The van der Waals surface area contributed by atoms with E-state index in [0.29, 0.717) is 0 Å². The summed E-state index contributed by atoms with van der Waals surface area (Å²) in [5.41, 5.74) is 7.11. The van der Waals surface area contributed by atoms with Crippen molar-refractivity contribution in [3.63, 3.8) is 0 Å². The van der Waals surface area contributed by atoms with Gasteiger partial charge in [-0.1, -0.05) is 43.0 Å². The Morgan fingerprint density at radius 2 is 2.06 bits per heavy atom. The van der Waals surface area contributed by atoms with Crippen molar-refractivity contribution in [3.8, 4) is 17.1 Å². The number of methoxy groups -OCH3 is 1. The number of rotatable bonds is 7. The Balaban J connectivity index is 1.68. The summed E-state index contributed by atoms with van der Waals surface area (Å²) in [6, 6.07) is 12.2. The van der Waals surface area contributed by atoms with E-state index in [1.807, 2.05) is 61.8 Å². The molecule has 6 heteroatoms. The largest absolute Gasteiger partial charge is 0.497 e. The third-order valence-electron chi connectivity index (χ3n) is 5.24. The highest BCUT2D eigenvalue weighted by molar-refractivity contribution is 7.13. The molecular weight excluding hydrogens is 416 g/mol. The Labute approximate surface area is 192 Å². The molecule has 0 bridgehead atoms. The minimum atomic E-state index is 0.815. The molecule has 2 aromatic carbocycles.